The molecular weight excluding hydrogens is 398 g/mol. The van der Waals surface area contributed by atoms with E-state index in [0.717, 1.165) is 22.0 Å². The highest BCUT2D eigenvalue weighted by Crippen LogP contribution is 2.21. The number of hydrogen-bond acceptors (Lipinski definition) is 3. The number of rotatable bonds is 6. The number of amides is 1. The zero-order valence-corrected chi connectivity index (χ0v) is 18.0. The molecule has 0 atom stereocenters. The van der Waals surface area contributed by atoms with Crippen molar-refractivity contribution in [1.82, 2.24) is 0 Å². The summed E-state index contributed by atoms with van der Waals surface area (Å²) in [7, 11) is 0. The summed E-state index contributed by atoms with van der Waals surface area (Å²) in [6.07, 6.45) is 0. The summed E-state index contributed by atoms with van der Waals surface area (Å²) in [6.45, 7) is 4.09. The normalized spacial score (nSPS) is 10.3. The lowest BCUT2D eigenvalue weighted by Crippen LogP contribution is -2.18. The van der Waals surface area contributed by atoms with Crippen LogP contribution in [0.2, 0.25) is 0 Å². The van der Waals surface area contributed by atoms with Crippen molar-refractivity contribution in [2.75, 3.05) is 21.7 Å². The van der Waals surface area contributed by atoms with Crippen molar-refractivity contribution in [2.24, 2.45) is 0 Å². The molecule has 29 heavy (non-hydrogen) atoms. The Morgan fingerprint density at radius 2 is 1.41 bits per heavy atom. The van der Waals surface area contributed by atoms with Gasteiger partial charge >= 0.3 is 0 Å². The standard InChI is InChI=1S/C23H23N3OS2/c1-16-8-9-20(14-17(16)2)24-22(27)15-29-21-12-10-19(11-13-21)26-23(28)25-18-6-4-3-5-7-18/h3-14H,15H2,1-2H3,(H,24,27)(H2,25,26,28). The van der Waals surface area contributed by atoms with Crippen LogP contribution in [0.25, 0.3) is 0 Å². The van der Waals surface area contributed by atoms with Crippen LogP contribution in [0.15, 0.2) is 77.7 Å². The van der Waals surface area contributed by atoms with Gasteiger partial charge in [-0.2, -0.15) is 0 Å². The molecule has 3 rings (SSSR count). The van der Waals surface area contributed by atoms with Crippen molar-refractivity contribution >= 4 is 52.1 Å². The fourth-order valence-corrected chi connectivity index (χ4v) is 3.55. The lowest BCUT2D eigenvalue weighted by atomic mass is 10.1. The minimum atomic E-state index is -0.0197. The van der Waals surface area contributed by atoms with E-state index in [4.69, 9.17) is 12.2 Å². The van der Waals surface area contributed by atoms with Gasteiger partial charge in [-0.1, -0.05) is 24.3 Å². The third-order valence-electron chi connectivity index (χ3n) is 4.30. The Balaban J connectivity index is 1.46. The average Bonchev–Trinajstić information content (AvgIpc) is 2.71. The summed E-state index contributed by atoms with van der Waals surface area (Å²) in [4.78, 5) is 13.2. The van der Waals surface area contributed by atoms with E-state index in [2.05, 4.69) is 22.9 Å². The number of thioether (sulfide) groups is 1. The van der Waals surface area contributed by atoms with Crippen LogP contribution in [0.1, 0.15) is 11.1 Å². The van der Waals surface area contributed by atoms with E-state index in [-0.39, 0.29) is 5.91 Å². The smallest absolute Gasteiger partial charge is 0.234 e. The average molecular weight is 422 g/mol. The number of aryl methyl sites for hydroxylation is 2. The predicted molar refractivity (Wildman–Crippen MR) is 128 cm³/mol. The maximum atomic E-state index is 12.2. The third kappa shape index (κ3) is 6.62. The van der Waals surface area contributed by atoms with Crippen LogP contribution in [0.4, 0.5) is 17.1 Å². The van der Waals surface area contributed by atoms with E-state index in [1.165, 1.54) is 22.9 Å². The SMILES string of the molecule is Cc1ccc(NC(=O)CSc2ccc(NC(=S)Nc3ccccc3)cc2)cc1C. The molecule has 3 N–H and O–H groups in total. The molecule has 3 aromatic carbocycles. The molecule has 0 aliphatic rings. The molecule has 0 bridgehead atoms. The van der Waals surface area contributed by atoms with Gasteiger partial charge in [0.2, 0.25) is 5.91 Å². The highest BCUT2D eigenvalue weighted by molar-refractivity contribution is 8.00. The zero-order chi connectivity index (χ0) is 20.6. The van der Waals surface area contributed by atoms with Gasteiger partial charge < -0.3 is 16.0 Å². The molecular formula is C23H23N3OS2. The fraction of sp³-hybridized carbons (Fsp3) is 0.130. The Morgan fingerprint density at radius 1 is 0.793 bits per heavy atom. The van der Waals surface area contributed by atoms with E-state index >= 15 is 0 Å². The number of hydrogen-bond donors (Lipinski definition) is 3. The van der Waals surface area contributed by atoms with Crippen LogP contribution in [0.3, 0.4) is 0 Å². The minimum absolute atomic E-state index is 0.0197. The van der Waals surface area contributed by atoms with Gasteiger partial charge in [0.1, 0.15) is 0 Å². The largest absolute Gasteiger partial charge is 0.332 e. The van der Waals surface area contributed by atoms with Gasteiger partial charge in [-0.05, 0) is 85.7 Å². The second-order valence-corrected chi connectivity index (χ2v) is 8.06. The molecule has 0 fully saturated rings. The van der Waals surface area contributed by atoms with Crippen LogP contribution in [-0.2, 0) is 4.79 Å². The molecule has 0 aliphatic carbocycles. The topological polar surface area (TPSA) is 53.2 Å². The molecule has 0 unspecified atom stereocenters. The van der Waals surface area contributed by atoms with E-state index in [1.54, 1.807) is 0 Å². The summed E-state index contributed by atoms with van der Waals surface area (Å²) in [5.41, 5.74) is 5.04. The summed E-state index contributed by atoms with van der Waals surface area (Å²) in [6, 6.07) is 23.5. The summed E-state index contributed by atoms with van der Waals surface area (Å²) in [5.74, 6) is 0.335. The quantitative estimate of drug-likeness (QED) is 0.345. The van der Waals surface area contributed by atoms with Crippen LogP contribution in [0.5, 0.6) is 0 Å². The molecule has 0 saturated carbocycles. The Morgan fingerprint density at radius 3 is 2.07 bits per heavy atom. The monoisotopic (exact) mass is 421 g/mol. The van der Waals surface area contributed by atoms with Crippen molar-refractivity contribution in [1.29, 1.82) is 0 Å². The molecule has 0 saturated heterocycles. The van der Waals surface area contributed by atoms with Crippen LogP contribution in [-0.4, -0.2) is 16.8 Å². The lowest BCUT2D eigenvalue weighted by molar-refractivity contribution is -0.113. The highest BCUT2D eigenvalue weighted by Gasteiger charge is 2.05. The van der Waals surface area contributed by atoms with Crippen molar-refractivity contribution in [3.8, 4) is 0 Å². The summed E-state index contributed by atoms with van der Waals surface area (Å²) >= 11 is 6.83. The van der Waals surface area contributed by atoms with Gasteiger partial charge in [-0.25, -0.2) is 0 Å². The second kappa shape index (κ2) is 10.1. The van der Waals surface area contributed by atoms with Crippen molar-refractivity contribution < 1.29 is 4.79 Å². The first-order valence-electron chi connectivity index (χ1n) is 9.22. The maximum absolute atomic E-state index is 12.2. The van der Waals surface area contributed by atoms with E-state index in [0.29, 0.717) is 10.9 Å². The maximum Gasteiger partial charge on any atom is 0.234 e. The number of anilines is 3. The van der Waals surface area contributed by atoms with Gasteiger partial charge in [-0.3, -0.25) is 4.79 Å². The van der Waals surface area contributed by atoms with Crippen molar-refractivity contribution in [3.63, 3.8) is 0 Å². The van der Waals surface area contributed by atoms with Crippen molar-refractivity contribution in [2.45, 2.75) is 18.7 Å². The van der Waals surface area contributed by atoms with Crippen LogP contribution in [0, 0.1) is 13.8 Å². The Kier molecular flexibility index (Phi) is 7.27. The molecule has 4 nitrogen and oxygen atoms in total. The Bertz CT molecular complexity index is 989. The van der Waals surface area contributed by atoms with E-state index in [9.17, 15) is 4.79 Å². The number of carbonyl (C=O) groups excluding carboxylic acids is 1. The van der Waals surface area contributed by atoms with Gasteiger partial charge in [0.05, 0.1) is 5.75 Å². The number of nitrogens with one attached hydrogen (secondary N) is 3. The summed E-state index contributed by atoms with van der Waals surface area (Å²) < 4.78 is 0. The summed E-state index contributed by atoms with van der Waals surface area (Å²) in [5, 5.41) is 9.77. The van der Waals surface area contributed by atoms with Crippen molar-refractivity contribution in [3.05, 3.63) is 83.9 Å². The fourth-order valence-electron chi connectivity index (χ4n) is 2.61. The van der Waals surface area contributed by atoms with Gasteiger partial charge in [0.25, 0.3) is 0 Å². The van der Waals surface area contributed by atoms with Gasteiger partial charge in [-0.15, -0.1) is 11.8 Å². The Hall–Kier alpha value is -2.83. The molecule has 0 radical (unpaired) electrons. The number of carbonyl (C=O) groups is 1. The molecule has 0 aliphatic heterocycles. The second-order valence-electron chi connectivity index (χ2n) is 6.61. The third-order valence-corrected chi connectivity index (χ3v) is 5.52. The highest BCUT2D eigenvalue weighted by atomic mass is 32.2. The molecule has 0 spiro atoms. The molecule has 6 heteroatoms. The molecule has 3 aromatic rings. The van der Waals surface area contributed by atoms with E-state index in [1.807, 2.05) is 79.7 Å². The molecule has 1 amide bonds. The molecule has 148 valence electrons. The molecule has 0 aromatic heterocycles. The van der Waals surface area contributed by atoms with E-state index < -0.39 is 0 Å². The van der Waals surface area contributed by atoms with Gasteiger partial charge in [0.15, 0.2) is 5.11 Å². The first kappa shape index (κ1) is 20.9. The molecule has 0 heterocycles. The van der Waals surface area contributed by atoms with Gasteiger partial charge in [0, 0.05) is 22.0 Å². The first-order chi connectivity index (χ1) is 14.0. The number of thiocarbonyl (C=S) groups is 1. The lowest BCUT2D eigenvalue weighted by Gasteiger charge is -2.11. The van der Waals surface area contributed by atoms with Crippen LogP contribution < -0.4 is 16.0 Å². The predicted octanol–water partition coefficient (Wildman–Crippen LogP) is 5.84. The minimum Gasteiger partial charge on any atom is -0.332 e. The van der Waals surface area contributed by atoms with Crippen LogP contribution >= 0.6 is 24.0 Å². The zero-order valence-electron chi connectivity index (χ0n) is 16.4. The first-order valence-corrected chi connectivity index (χ1v) is 10.6. The Labute approximate surface area is 181 Å². The number of benzene rings is 3. The number of para-hydroxylation sites is 1.